The Morgan fingerprint density at radius 1 is 1.27 bits per heavy atom. The van der Waals surface area contributed by atoms with Gasteiger partial charge in [-0.05, 0) is 26.3 Å². The van der Waals surface area contributed by atoms with E-state index in [1.165, 1.54) is 0 Å². The van der Waals surface area contributed by atoms with Crippen molar-refractivity contribution in [2.75, 3.05) is 10.2 Å². The first-order valence-corrected chi connectivity index (χ1v) is 7.85. The third kappa shape index (κ3) is 4.92. The van der Waals surface area contributed by atoms with E-state index in [0.29, 0.717) is 0 Å². The van der Waals surface area contributed by atoms with Crippen molar-refractivity contribution in [1.82, 2.24) is 4.98 Å². The number of carbonyl (C=O) groups excluding carboxylic acids is 1. The number of anilines is 2. The second kappa shape index (κ2) is 7.81. The molecule has 8 heteroatoms. The molecule has 0 saturated carbocycles. The number of carboxylic acid groups (broad SMARTS) is 1. The van der Waals surface area contributed by atoms with Gasteiger partial charge in [-0.15, -0.1) is 0 Å². The molecule has 0 aliphatic heterocycles. The minimum atomic E-state index is -1.32. The normalized spacial score (nSPS) is 10.9. The van der Waals surface area contributed by atoms with Crippen LogP contribution in [0.25, 0.3) is 0 Å². The Labute approximate surface area is 150 Å². The van der Waals surface area contributed by atoms with Gasteiger partial charge in [-0.25, -0.2) is 19.0 Å². The van der Waals surface area contributed by atoms with Gasteiger partial charge in [0.2, 0.25) is 0 Å². The van der Waals surface area contributed by atoms with Crippen molar-refractivity contribution in [1.29, 1.82) is 0 Å². The summed E-state index contributed by atoms with van der Waals surface area (Å²) in [5.74, 6) is -0.833. The van der Waals surface area contributed by atoms with Crippen LogP contribution in [0.2, 0.25) is 0 Å². The second-order valence-corrected chi connectivity index (χ2v) is 6.50. The molecule has 2 amide bonds. The molecule has 0 aliphatic rings. The first-order chi connectivity index (χ1) is 12.2. The lowest BCUT2D eigenvalue weighted by Gasteiger charge is -2.33. The molecule has 0 spiro atoms. The highest BCUT2D eigenvalue weighted by Gasteiger charge is 2.30. The first-order valence-electron chi connectivity index (χ1n) is 7.85. The molecule has 0 unspecified atom stereocenters. The zero-order valence-electron chi connectivity index (χ0n) is 14.7. The molecule has 1 aromatic heterocycles. The van der Waals surface area contributed by atoms with Gasteiger partial charge >= 0.3 is 12.2 Å². The fourth-order valence-corrected chi connectivity index (χ4v) is 2.28. The minimum absolute atomic E-state index is 0.0186. The molecule has 1 heterocycles. The lowest BCUT2D eigenvalue weighted by Crippen LogP contribution is -2.45. The number of hydrogen-bond acceptors (Lipinski definition) is 4. The number of ether oxygens (including phenoxy) is 1. The standard InChI is InChI=1S/C18H20FN3O4/c1-18(2,3)22(17(24)25)14-9-15(20-10-13(14)19)21-16(23)26-11-12-7-5-4-6-8-12/h4-10H,11H2,1-3H3,(H,24,25)(H,20,21,23). The molecule has 7 nitrogen and oxygen atoms in total. The topological polar surface area (TPSA) is 91.8 Å². The molecule has 26 heavy (non-hydrogen) atoms. The van der Waals surface area contributed by atoms with E-state index >= 15 is 0 Å². The Kier molecular flexibility index (Phi) is 5.76. The summed E-state index contributed by atoms with van der Waals surface area (Å²) in [7, 11) is 0. The molecule has 2 rings (SSSR count). The zero-order valence-corrected chi connectivity index (χ0v) is 14.7. The summed E-state index contributed by atoms with van der Waals surface area (Å²) in [6, 6.07) is 10.2. The number of carbonyl (C=O) groups is 2. The Hall–Kier alpha value is -3.16. The van der Waals surface area contributed by atoms with Gasteiger partial charge in [0.05, 0.1) is 11.9 Å². The highest BCUT2D eigenvalue weighted by molar-refractivity contribution is 5.90. The number of amides is 2. The molecule has 1 aromatic carbocycles. The van der Waals surface area contributed by atoms with Crippen LogP contribution >= 0.6 is 0 Å². The summed E-state index contributed by atoms with van der Waals surface area (Å²) in [5, 5.41) is 11.8. The van der Waals surface area contributed by atoms with Gasteiger partial charge in [0, 0.05) is 11.6 Å². The van der Waals surface area contributed by atoms with Gasteiger partial charge in [-0.1, -0.05) is 30.3 Å². The average Bonchev–Trinajstić information content (AvgIpc) is 2.55. The molecule has 0 fully saturated rings. The van der Waals surface area contributed by atoms with Crippen LogP contribution in [-0.2, 0) is 11.3 Å². The number of nitrogens with one attached hydrogen (secondary N) is 1. The van der Waals surface area contributed by atoms with Crippen LogP contribution < -0.4 is 10.2 Å². The maximum Gasteiger partial charge on any atom is 0.413 e. The van der Waals surface area contributed by atoms with Gasteiger partial charge in [0.1, 0.15) is 12.4 Å². The summed E-state index contributed by atoms with van der Waals surface area (Å²) >= 11 is 0. The van der Waals surface area contributed by atoms with E-state index in [9.17, 15) is 19.1 Å². The monoisotopic (exact) mass is 361 g/mol. The number of nitrogens with zero attached hydrogens (tertiary/aromatic N) is 2. The van der Waals surface area contributed by atoms with Crippen LogP contribution in [0.4, 0.5) is 25.5 Å². The third-order valence-corrected chi connectivity index (χ3v) is 3.38. The molecular formula is C18H20FN3O4. The largest absolute Gasteiger partial charge is 0.465 e. The van der Waals surface area contributed by atoms with Crippen molar-refractivity contribution in [3.8, 4) is 0 Å². The highest BCUT2D eigenvalue weighted by atomic mass is 19.1. The van der Waals surface area contributed by atoms with E-state index in [4.69, 9.17) is 4.74 Å². The van der Waals surface area contributed by atoms with E-state index in [0.717, 1.165) is 22.7 Å². The Morgan fingerprint density at radius 3 is 2.50 bits per heavy atom. The number of benzene rings is 1. The van der Waals surface area contributed by atoms with Crippen molar-refractivity contribution in [3.63, 3.8) is 0 Å². The smallest absolute Gasteiger partial charge is 0.413 e. The molecule has 2 N–H and O–H groups in total. The summed E-state index contributed by atoms with van der Waals surface area (Å²) in [6.07, 6.45) is -1.25. The van der Waals surface area contributed by atoms with Crippen molar-refractivity contribution in [2.24, 2.45) is 0 Å². The number of rotatable bonds is 4. The maximum atomic E-state index is 14.1. The van der Waals surface area contributed by atoms with Gasteiger partial charge < -0.3 is 9.84 Å². The molecule has 138 valence electrons. The summed E-state index contributed by atoms with van der Waals surface area (Å²) in [5.41, 5.74) is -0.294. The van der Waals surface area contributed by atoms with Gasteiger partial charge in [-0.2, -0.15) is 0 Å². The van der Waals surface area contributed by atoms with Crippen LogP contribution in [0, 0.1) is 5.82 Å². The van der Waals surface area contributed by atoms with E-state index in [1.54, 1.807) is 32.9 Å². The van der Waals surface area contributed by atoms with Crippen molar-refractivity contribution < 1.29 is 23.8 Å². The fourth-order valence-electron chi connectivity index (χ4n) is 2.28. The number of hydrogen-bond donors (Lipinski definition) is 2. The van der Waals surface area contributed by atoms with Crippen LogP contribution in [-0.4, -0.2) is 27.8 Å². The predicted molar refractivity (Wildman–Crippen MR) is 94.7 cm³/mol. The quantitative estimate of drug-likeness (QED) is 0.849. The Bertz CT molecular complexity index is 791. The van der Waals surface area contributed by atoms with Crippen LogP contribution in [0.5, 0.6) is 0 Å². The lowest BCUT2D eigenvalue weighted by molar-refractivity contribution is 0.155. The molecule has 0 aliphatic carbocycles. The van der Waals surface area contributed by atoms with E-state index in [1.807, 2.05) is 18.2 Å². The van der Waals surface area contributed by atoms with E-state index in [-0.39, 0.29) is 18.1 Å². The predicted octanol–water partition coefficient (Wildman–Crippen LogP) is 4.25. The van der Waals surface area contributed by atoms with Gasteiger partial charge in [0.25, 0.3) is 0 Å². The lowest BCUT2D eigenvalue weighted by atomic mass is 10.1. The number of pyridine rings is 1. The molecule has 0 saturated heterocycles. The maximum absolute atomic E-state index is 14.1. The summed E-state index contributed by atoms with van der Waals surface area (Å²) in [6.45, 7) is 4.94. The molecule has 0 bridgehead atoms. The number of aromatic nitrogens is 1. The average molecular weight is 361 g/mol. The minimum Gasteiger partial charge on any atom is -0.465 e. The van der Waals surface area contributed by atoms with E-state index in [2.05, 4.69) is 10.3 Å². The summed E-state index contributed by atoms with van der Waals surface area (Å²) < 4.78 is 19.2. The second-order valence-electron chi connectivity index (χ2n) is 6.50. The van der Waals surface area contributed by atoms with Gasteiger partial charge in [0.15, 0.2) is 5.82 Å². The first kappa shape index (κ1) is 19.2. The van der Waals surface area contributed by atoms with E-state index < -0.39 is 23.5 Å². The van der Waals surface area contributed by atoms with Crippen molar-refractivity contribution in [3.05, 3.63) is 54.0 Å². The molecule has 0 atom stereocenters. The van der Waals surface area contributed by atoms with Crippen molar-refractivity contribution in [2.45, 2.75) is 32.9 Å². The SMILES string of the molecule is CC(C)(C)N(C(=O)O)c1cc(NC(=O)OCc2ccccc2)ncc1F. The van der Waals surface area contributed by atoms with Crippen LogP contribution in [0.1, 0.15) is 26.3 Å². The zero-order chi connectivity index (χ0) is 19.3. The number of halogens is 1. The highest BCUT2D eigenvalue weighted by Crippen LogP contribution is 2.28. The Morgan fingerprint density at radius 2 is 1.92 bits per heavy atom. The van der Waals surface area contributed by atoms with Gasteiger partial charge in [-0.3, -0.25) is 10.2 Å². The summed E-state index contributed by atoms with van der Waals surface area (Å²) in [4.78, 5) is 28.0. The molecule has 2 aromatic rings. The Balaban J connectivity index is 2.13. The molecular weight excluding hydrogens is 341 g/mol. The fraction of sp³-hybridized carbons (Fsp3) is 0.278. The van der Waals surface area contributed by atoms with Crippen molar-refractivity contribution >= 4 is 23.7 Å². The molecule has 0 radical (unpaired) electrons. The third-order valence-electron chi connectivity index (χ3n) is 3.38. The van der Waals surface area contributed by atoms with Crippen LogP contribution in [0.3, 0.4) is 0 Å². The van der Waals surface area contributed by atoms with Crippen LogP contribution in [0.15, 0.2) is 42.6 Å².